The predicted molar refractivity (Wildman–Crippen MR) is 93.3 cm³/mol. The summed E-state index contributed by atoms with van der Waals surface area (Å²) in [6.45, 7) is 5.51. The molecule has 132 valence electrons. The smallest absolute Gasteiger partial charge is 0.226 e. The van der Waals surface area contributed by atoms with Crippen LogP contribution in [0.4, 0.5) is 0 Å². The van der Waals surface area contributed by atoms with Gasteiger partial charge in [-0.3, -0.25) is 4.79 Å². The number of nitrogens with one attached hydrogen (secondary N) is 1. The Hall–Kier alpha value is -1.75. The first-order valence-electron chi connectivity index (χ1n) is 8.84. The van der Waals surface area contributed by atoms with Gasteiger partial charge in [-0.05, 0) is 62.4 Å². The van der Waals surface area contributed by atoms with E-state index in [4.69, 9.17) is 9.47 Å². The minimum absolute atomic E-state index is 0.222. The third-order valence-corrected chi connectivity index (χ3v) is 5.60. The van der Waals surface area contributed by atoms with Gasteiger partial charge in [-0.15, -0.1) is 0 Å². The van der Waals surface area contributed by atoms with Crippen LogP contribution in [-0.2, 0) is 11.3 Å². The van der Waals surface area contributed by atoms with Crippen molar-refractivity contribution in [1.29, 1.82) is 0 Å². The van der Waals surface area contributed by atoms with Crippen LogP contribution in [0, 0.1) is 11.3 Å². The molecule has 2 fully saturated rings. The molecule has 5 nitrogen and oxygen atoms in total. The normalized spacial score (nSPS) is 21.4. The zero-order chi connectivity index (χ0) is 17.2. The first-order chi connectivity index (χ1) is 11.6. The Balaban J connectivity index is 1.67. The Bertz CT molecular complexity index is 596. The summed E-state index contributed by atoms with van der Waals surface area (Å²) in [5.74, 6) is 1.96. The average Bonchev–Trinajstić information content (AvgIpc) is 3.32. The van der Waals surface area contributed by atoms with Gasteiger partial charge in [0.2, 0.25) is 5.91 Å². The summed E-state index contributed by atoms with van der Waals surface area (Å²) >= 11 is 0. The maximum Gasteiger partial charge on any atom is 0.226 e. The Labute approximate surface area is 144 Å². The van der Waals surface area contributed by atoms with Gasteiger partial charge in [0.25, 0.3) is 0 Å². The molecular weight excluding hydrogens is 304 g/mol. The average molecular weight is 332 g/mol. The maximum atomic E-state index is 12.9. The molecule has 1 aromatic carbocycles. The number of carbonyl (C=O) groups is 1. The molecule has 0 bridgehead atoms. The molecule has 1 spiro atoms. The highest BCUT2D eigenvalue weighted by Crippen LogP contribution is 2.59. The SMILES string of the molecule is CCN(Cc1ccc(OC)c(OC)c1)C(=O)C1CC12CCNCC2. The molecule has 5 heteroatoms. The summed E-state index contributed by atoms with van der Waals surface area (Å²) in [6.07, 6.45) is 3.34. The van der Waals surface area contributed by atoms with Crippen LogP contribution >= 0.6 is 0 Å². The van der Waals surface area contributed by atoms with Crippen LogP contribution in [-0.4, -0.2) is 44.7 Å². The van der Waals surface area contributed by atoms with Crippen molar-refractivity contribution in [2.45, 2.75) is 32.7 Å². The predicted octanol–water partition coefficient (Wildman–Crippen LogP) is 2.44. The van der Waals surface area contributed by atoms with Crippen molar-refractivity contribution >= 4 is 5.91 Å². The number of ether oxygens (including phenoxy) is 2. The number of amides is 1. The van der Waals surface area contributed by atoms with E-state index in [0.29, 0.717) is 24.0 Å². The zero-order valence-corrected chi connectivity index (χ0v) is 14.9. The minimum atomic E-state index is 0.222. The van der Waals surface area contributed by atoms with Gasteiger partial charge in [0.1, 0.15) is 0 Å². The Morgan fingerprint density at radius 1 is 1.25 bits per heavy atom. The number of nitrogens with zero attached hydrogens (tertiary/aromatic N) is 1. The van der Waals surface area contributed by atoms with E-state index in [1.165, 1.54) is 0 Å². The van der Waals surface area contributed by atoms with Crippen molar-refractivity contribution in [2.75, 3.05) is 33.9 Å². The summed E-state index contributed by atoms with van der Waals surface area (Å²) < 4.78 is 10.6. The fourth-order valence-electron chi connectivity index (χ4n) is 3.94. The molecule has 1 aliphatic carbocycles. The fraction of sp³-hybridized carbons (Fsp3) is 0.632. The first-order valence-corrected chi connectivity index (χ1v) is 8.84. The Kier molecular flexibility index (Phi) is 4.99. The van der Waals surface area contributed by atoms with E-state index in [0.717, 1.165) is 44.5 Å². The van der Waals surface area contributed by atoms with Gasteiger partial charge in [0.15, 0.2) is 11.5 Å². The molecule has 1 saturated heterocycles. The van der Waals surface area contributed by atoms with Crippen molar-refractivity contribution in [2.24, 2.45) is 11.3 Å². The van der Waals surface area contributed by atoms with Crippen LogP contribution in [0.3, 0.4) is 0 Å². The number of piperidine rings is 1. The third-order valence-electron chi connectivity index (χ3n) is 5.60. The molecule has 1 unspecified atom stereocenters. The summed E-state index contributed by atoms with van der Waals surface area (Å²) in [5.41, 5.74) is 1.36. The van der Waals surface area contributed by atoms with Crippen molar-refractivity contribution in [3.05, 3.63) is 23.8 Å². The monoisotopic (exact) mass is 332 g/mol. The second-order valence-electron chi connectivity index (χ2n) is 6.91. The number of methoxy groups -OCH3 is 2. The molecule has 1 amide bonds. The van der Waals surface area contributed by atoms with E-state index in [1.54, 1.807) is 14.2 Å². The number of rotatable bonds is 6. The molecule has 3 rings (SSSR count). The van der Waals surface area contributed by atoms with Crippen molar-refractivity contribution in [3.8, 4) is 11.5 Å². The van der Waals surface area contributed by atoms with Gasteiger partial charge in [-0.25, -0.2) is 0 Å². The molecule has 24 heavy (non-hydrogen) atoms. The largest absolute Gasteiger partial charge is 0.493 e. The summed E-state index contributed by atoms with van der Waals surface area (Å²) in [7, 11) is 3.26. The third kappa shape index (κ3) is 3.22. The highest BCUT2D eigenvalue weighted by Gasteiger charge is 2.58. The highest BCUT2D eigenvalue weighted by atomic mass is 16.5. The van der Waals surface area contributed by atoms with E-state index in [2.05, 4.69) is 12.2 Å². The second kappa shape index (κ2) is 7.01. The van der Waals surface area contributed by atoms with E-state index in [1.807, 2.05) is 23.1 Å². The quantitative estimate of drug-likeness (QED) is 0.869. The minimum Gasteiger partial charge on any atom is -0.493 e. The van der Waals surface area contributed by atoms with Crippen LogP contribution in [0.2, 0.25) is 0 Å². The summed E-state index contributed by atoms with van der Waals surface area (Å²) in [6, 6.07) is 5.87. The van der Waals surface area contributed by atoms with Gasteiger partial charge in [0, 0.05) is 19.0 Å². The number of carbonyl (C=O) groups excluding carboxylic acids is 1. The van der Waals surface area contributed by atoms with Gasteiger partial charge in [-0.1, -0.05) is 6.07 Å². The lowest BCUT2D eigenvalue weighted by atomic mass is 9.91. The van der Waals surface area contributed by atoms with Gasteiger partial charge in [0.05, 0.1) is 14.2 Å². The Morgan fingerprint density at radius 3 is 2.58 bits per heavy atom. The van der Waals surface area contributed by atoms with Crippen molar-refractivity contribution < 1.29 is 14.3 Å². The molecule has 1 aromatic rings. The van der Waals surface area contributed by atoms with Crippen LogP contribution in [0.1, 0.15) is 31.7 Å². The van der Waals surface area contributed by atoms with E-state index < -0.39 is 0 Å². The van der Waals surface area contributed by atoms with Gasteiger partial charge < -0.3 is 19.7 Å². The molecule has 1 aliphatic heterocycles. The summed E-state index contributed by atoms with van der Waals surface area (Å²) in [5, 5.41) is 3.40. The molecule has 1 saturated carbocycles. The molecule has 2 aliphatic rings. The molecule has 1 N–H and O–H groups in total. The molecular formula is C19H28N2O3. The Morgan fingerprint density at radius 2 is 1.96 bits per heavy atom. The number of benzene rings is 1. The lowest BCUT2D eigenvalue weighted by Crippen LogP contribution is -2.36. The van der Waals surface area contributed by atoms with Crippen LogP contribution in [0.5, 0.6) is 11.5 Å². The van der Waals surface area contributed by atoms with Crippen molar-refractivity contribution in [3.63, 3.8) is 0 Å². The lowest BCUT2D eigenvalue weighted by molar-refractivity contribution is -0.134. The standard InChI is InChI=1S/C19H28N2O3/c1-4-21(13-14-5-6-16(23-2)17(11-14)24-3)18(22)15-12-19(15)7-9-20-10-8-19/h5-6,11,15,20H,4,7-10,12-13H2,1-3H3. The zero-order valence-electron chi connectivity index (χ0n) is 14.9. The summed E-state index contributed by atoms with van der Waals surface area (Å²) in [4.78, 5) is 14.9. The molecule has 0 aromatic heterocycles. The van der Waals surface area contributed by atoms with Gasteiger partial charge in [-0.2, -0.15) is 0 Å². The van der Waals surface area contributed by atoms with Crippen LogP contribution in [0.25, 0.3) is 0 Å². The van der Waals surface area contributed by atoms with Crippen LogP contribution in [0.15, 0.2) is 18.2 Å². The van der Waals surface area contributed by atoms with E-state index in [9.17, 15) is 4.79 Å². The lowest BCUT2D eigenvalue weighted by Gasteiger charge is -2.26. The molecule has 1 atom stereocenters. The highest BCUT2D eigenvalue weighted by molar-refractivity contribution is 5.82. The molecule has 0 radical (unpaired) electrons. The topological polar surface area (TPSA) is 50.8 Å². The number of hydrogen-bond acceptors (Lipinski definition) is 4. The number of hydrogen-bond donors (Lipinski definition) is 1. The molecule has 1 heterocycles. The van der Waals surface area contributed by atoms with E-state index in [-0.39, 0.29) is 11.3 Å². The first kappa shape index (κ1) is 17.1. The van der Waals surface area contributed by atoms with Crippen molar-refractivity contribution in [1.82, 2.24) is 10.2 Å². The van der Waals surface area contributed by atoms with Gasteiger partial charge >= 0.3 is 0 Å². The van der Waals surface area contributed by atoms with E-state index >= 15 is 0 Å². The second-order valence-corrected chi connectivity index (χ2v) is 6.91. The maximum absolute atomic E-state index is 12.9. The fourth-order valence-corrected chi connectivity index (χ4v) is 3.94. The van der Waals surface area contributed by atoms with Crippen LogP contribution < -0.4 is 14.8 Å².